The number of aromatic nitrogens is 4. The highest BCUT2D eigenvalue weighted by molar-refractivity contribution is 5.91. The molecule has 4 aromatic rings. The van der Waals surface area contributed by atoms with Crippen LogP contribution in [0.5, 0.6) is 11.5 Å². The van der Waals surface area contributed by atoms with Crippen molar-refractivity contribution >= 4 is 22.6 Å². The quantitative estimate of drug-likeness (QED) is 0.411. The van der Waals surface area contributed by atoms with E-state index in [1.54, 1.807) is 29.2 Å². The first-order valence-corrected chi connectivity index (χ1v) is 11.3. The number of carbonyl (C=O) groups is 1. The molecule has 1 atom stereocenters. The van der Waals surface area contributed by atoms with Crippen LogP contribution in [0.3, 0.4) is 0 Å². The fourth-order valence-corrected chi connectivity index (χ4v) is 4.50. The number of piperidine rings is 1. The van der Waals surface area contributed by atoms with Gasteiger partial charge in [-0.05, 0) is 43.2 Å². The number of fused-ring (bicyclic) bond motifs is 1. The Hall–Kier alpha value is -4.54. The van der Waals surface area contributed by atoms with Crippen molar-refractivity contribution in [2.75, 3.05) is 18.8 Å². The molecule has 3 N–H and O–H groups in total. The first kappa shape index (κ1) is 23.2. The second-order valence-corrected chi connectivity index (χ2v) is 8.49. The molecular formula is C25H22F2N6O3. The van der Waals surface area contributed by atoms with Crippen LogP contribution in [0.2, 0.25) is 0 Å². The number of benzene rings is 2. The molecule has 0 aliphatic carbocycles. The number of nitrogen functional groups attached to an aromatic ring is 1. The summed E-state index contributed by atoms with van der Waals surface area (Å²) in [4.78, 5) is 26.7. The van der Waals surface area contributed by atoms with Crippen molar-refractivity contribution in [2.45, 2.75) is 18.8 Å². The molecule has 2 aromatic carbocycles. The zero-order chi connectivity index (χ0) is 25.4. The monoisotopic (exact) mass is 492 g/mol. The number of hydrogen-bond donors (Lipinski definition) is 2. The van der Waals surface area contributed by atoms with E-state index in [-0.39, 0.29) is 23.4 Å². The summed E-state index contributed by atoms with van der Waals surface area (Å²) in [5.41, 5.74) is 7.16. The van der Waals surface area contributed by atoms with Gasteiger partial charge in [0.15, 0.2) is 5.82 Å². The van der Waals surface area contributed by atoms with E-state index in [2.05, 4.69) is 16.8 Å². The summed E-state index contributed by atoms with van der Waals surface area (Å²) >= 11 is 0. The van der Waals surface area contributed by atoms with E-state index in [0.29, 0.717) is 41.1 Å². The molecule has 11 heteroatoms. The smallest absolute Gasteiger partial charge is 0.275 e. The minimum atomic E-state index is -0.749. The van der Waals surface area contributed by atoms with Crippen molar-refractivity contribution in [3.63, 3.8) is 0 Å². The summed E-state index contributed by atoms with van der Waals surface area (Å²) in [5.74, 6) is -1.40. The Morgan fingerprint density at radius 1 is 1.17 bits per heavy atom. The van der Waals surface area contributed by atoms with Crippen LogP contribution in [-0.2, 0) is 4.79 Å². The lowest BCUT2D eigenvalue weighted by molar-refractivity contribution is -0.127. The fourth-order valence-electron chi connectivity index (χ4n) is 4.50. The van der Waals surface area contributed by atoms with Gasteiger partial charge in [0.25, 0.3) is 5.56 Å². The van der Waals surface area contributed by atoms with E-state index in [9.17, 15) is 18.4 Å². The zero-order valence-electron chi connectivity index (χ0n) is 19.1. The number of H-pyrrole nitrogens is 1. The van der Waals surface area contributed by atoms with Crippen LogP contribution < -0.4 is 16.0 Å². The Morgan fingerprint density at radius 3 is 2.58 bits per heavy atom. The standard InChI is InChI=1S/C25H22F2N6O3/c1-2-20(34)32-9-3-4-14(13-32)22-21-23(24(28)29-30-25(21)35)33(31-22)17-5-7-18(8-6-17)36-19-11-15(26)10-16(27)12-19/h2,5-8,10-12,14H,1,3-4,9,13H2,(H2,28,29)(H,30,35). The van der Waals surface area contributed by atoms with Crippen molar-refractivity contribution in [1.29, 1.82) is 0 Å². The number of rotatable bonds is 5. The molecule has 5 rings (SSSR count). The Morgan fingerprint density at radius 2 is 1.89 bits per heavy atom. The summed E-state index contributed by atoms with van der Waals surface area (Å²) in [5, 5.41) is 11.4. The minimum Gasteiger partial charge on any atom is -0.457 e. The average molecular weight is 492 g/mol. The largest absolute Gasteiger partial charge is 0.457 e. The number of halogens is 2. The van der Waals surface area contributed by atoms with Gasteiger partial charge in [0.05, 0.1) is 16.8 Å². The van der Waals surface area contributed by atoms with E-state index in [1.807, 2.05) is 0 Å². The molecule has 1 amide bonds. The topological polar surface area (TPSA) is 119 Å². The highest BCUT2D eigenvalue weighted by Gasteiger charge is 2.30. The van der Waals surface area contributed by atoms with Crippen molar-refractivity contribution in [2.24, 2.45) is 0 Å². The average Bonchev–Trinajstić information content (AvgIpc) is 3.28. The Balaban J connectivity index is 1.53. The van der Waals surface area contributed by atoms with Gasteiger partial charge in [0.1, 0.15) is 28.7 Å². The lowest BCUT2D eigenvalue weighted by atomic mass is 9.93. The molecule has 0 spiro atoms. The fraction of sp³-hybridized carbons (Fsp3) is 0.200. The second-order valence-electron chi connectivity index (χ2n) is 8.49. The lowest BCUT2D eigenvalue weighted by Crippen LogP contribution is -2.38. The predicted octanol–water partition coefficient (Wildman–Crippen LogP) is 3.65. The van der Waals surface area contributed by atoms with E-state index in [1.165, 1.54) is 10.8 Å². The number of likely N-dealkylation sites (tertiary alicyclic amines) is 1. The summed E-state index contributed by atoms with van der Waals surface area (Å²) in [6, 6.07) is 9.48. The van der Waals surface area contributed by atoms with Crippen molar-refractivity contribution < 1.29 is 18.3 Å². The third kappa shape index (κ3) is 4.30. The second kappa shape index (κ2) is 9.25. The molecule has 184 valence electrons. The van der Waals surface area contributed by atoms with Crippen molar-refractivity contribution in [1.82, 2.24) is 24.9 Å². The van der Waals surface area contributed by atoms with Crippen LogP contribution in [-0.4, -0.2) is 43.9 Å². The maximum absolute atomic E-state index is 13.5. The third-order valence-corrected chi connectivity index (χ3v) is 6.11. The maximum Gasteiger partial charge on any atom is 0.275 e. The molecule has 1 unspecified atom stereocenters. The number of hydrogen-bond acceptors (Lipinski definition) is 6. The summed E-state index contributed by atoms with van der Waals surface area (Å²) in [7, 11) is 0. The third-order valence-electron chi connectivity index (χ3n) is 6.11. The lowest BCUT2D eigenvalue weighted by Gasteiger charge is -2.31. The summed E-state index contributed by atoms with van der Waals surface area (Å²) in [6.07, 6.45) is 2.77. The number of ether oxygens (including phenoxy) is 1. The molecular weight excluding hydrogens is 470 g/mol. The molecule has 3 heterocycles. The number of aromatic amines is 1. The number of nitrogens with two attached hydrogens (primary N) is 1. The molecule has 36 heavy (non-hydrogen) atoms. The van der Waals surface area contributed by atoms with Gasteiger partial charge in [0.2, 0.25) is 5.91 Å². The van der Waals surface area contributed by atoms with Crippen LogP contribution in [0.25, 0.3) is 16.6 Å². The number of nitrogens with one attached hydrogen (secondary N) is 1. The number of carbonyl (C=O) groups excluding carboxylic acids is 1. The van der Waals surface area contributed by atoms with Gasteiger partial charge in [-0.1, -0.05) is 6.58 Å². The zero-order valence-corrected chi connectivity index (χ0v) is 19.1. The van der Waals surface area contributed by atoms with E-state index >= 15 is 0 Å². The summed E-state index contributed by atoms with van der Waals surface area (Å²) < 4.78 is 34.0. The molecule has 1 aliphatic heterocycles. The first-order valence-electron chi connectivity index (χ1n) is 11.3. The Kier molecular flexibility index (Phi) is 5.96. The van der Waals surface area contributed by atoms with Crippen LogP contribution >= 0.6 is 0 Å². The first-order chi connectivity index (χ1) is 17.3. The van der Waals surface area contributed by atoms with Gasteiger partial charge in [-0.25, -0.2) is 18.6 Å². The van der Waals surface area contributed by atoms with Crippen LogP contribution in [0, 0.1) is 11.6 Å². The van der Waals surface area contributed by atoms with Gasteiger partial charge in [-0.2, -0.15) is 10.2 Å². The SMILES string of the molecule is C=CC(=O)N1CCCC(c2nn(-c3ccc(Oc4cc(F)cc(F)c4)cc3)c3c(N)n[nH]c(=O)c23)C1. The molecule has 1 fully saturated rings. The van der Waals surface area contributed by atoms with Gasteiger partial charge >= 0.3 is 0 Å². The molecule has 0 radical (unpaired) electrons. The van der Waals surface area contributed by atoms with Crippen LogP contribution in [0.4, 0.5) is 14.6 Å². The molecule has 2 aromatic heterocycles. The predicted molar refractivity (Wildman–Crippen MR) is 129 cm³/mol. The van der Waals surface area contributed by atoms with Crippen molar-refractivity contribution in [3.05, 3.63) is 82.8 Å². The number of amides is 1. The van der Waals surface area contributed by atoms with Gasteiger partial charge in [-0.15, -0.1) is 0 Å². The molecule has 0 saturated carbocycles. The van der Waals surface area contributed by atoms with E-state index in [4.69, 9.17) is 15.6 Å². The number of anilines is 1. The molecule has 1 saturated heterocycles. The highest BCUT2D eigenvalue weighted by atomic mass is 19.1. The van der Waals surface area contributed by atoms with Crippen LogP contribution in [0.15, 0.2) is 59.9 Å². The van der Waals surface area contributed by atoms with Gasteiger partial charge in [0, 0.05) is 37.2 Å². The molecule has 0 bridgehead atoms. The minimum absolute atomic E-state index is 0.0166. The highest BCUT2D eigenvalue weighted by Crippen LogP contribution is 2.33. The van der Waals surface area contributed by atoms with E-state index < -0.39 is 17.2 Å². The molecule has 1 aliphatic rings. The maximum atomic E-state index is 13.5. The Bertz CT molecular complexity index is 1510. The van der Waals surface area contributed by atoms with Gasteiger partial charge < -0.3 is 15.4 Å². The normalized spacial score (nSPS) is 15.7. The molecule has 9 nitrogen and oxygen atoms in total. The summed E-state index contributed by atoms with van der Waals surface area (Å²) in [6.45, 7) is 4.56. The van der Waals surface area contributed by atoms with Gasteiger partial charge in [-0.3, -0.25) is 9.59 Å². The van der Waals surface area contributed by atoms with E-state index in [0.717, 1.165) is 31.0 Å². The van der Waals surface area contributed by atoms with Crippen molar-refractivity contribution in [3.8, 4) is 17.2 Å². The van der Waals surface area contributed by atoms with Crippen LogP contribution in [0.1, 0.15) is 24.5 Å². The Labute approximate surface area is 203 Å². The number of nitrogens with zero attached hydrogens (tertiary/aromatic N) is 4.